The minimum Gasteiger partial charge on any atom is -0.478 e. The topological polar surface area (TPSA) is 79.3 Å². The van der Waals surface area contributed by atoms with Gasteiger partial charge < -0.3 is 10.4 Å². The summed E-state index contributed by atoms with van der Waals surface area (Å²) in [7, 11) is 0. The van der Waals surface area contributed by atoms with Gasteiger partial charge in [-0.15, -0.1) is 0 Å². The molecule has 0 spiro atoms. The Labute approximate surface area is 120 Å². The molecular formula is C14H11ClN2O3. The smallest absolute Gasteiger partial charge is 0.335 e. The molecular weight excluding hydrogens is 280 g/mol. The third-order valence-electron chi connectivity index (χ3n) is 2.69. The quantitative estimate of drug-likeness (QED) is 0.911. The van der Waals surface area contributed by atoms with Gasteiger partial charge in [-0.25, -0.2) is 9.78 Å². The van der Waals surface area contributed by atoms with E-state index in [1.165, 1.54) is 18.3 Å². The number of nitrogens with zero attached hydrogens (tertiary/aromatic N) is 1. The van der Waals surface area contributed by atoms with Crippen molar-refractivity contribution in [1.82, 2.24) is 4.98 Å². The van der Waals surface area contributed by atoms with Gasteiger partial charge in [0.05, 0.1) is 5.56 Å². The number of hydrogen-bond acceptors (Lipinski definition) is 3. The molecule has 0 saturated heterocycles. The van der Waals surface area contributed by atoms with Crippen LogP contribution < -0.4 is 5.32 Å². The number of carboxylic acid groups (broad SMARTS) is 1. The third-order valence-corrected chi connectivity index (χ3v) is 2.93. The average Bonchev–Trinajstić information content (AvgIpc) is 2.41. The molecule has 2 rings (SSSR count). The minimum absolute atomic E-state index is 0.0538. The molecule has 6 heteroatoms. The number of aromatic carboxylic acids is 1. The Balaban J connectivity index is 2.25. The van der Waals surface area contributed by atoms with Crippen molar-refractivity contribution in [2.24, 2.45) is 0 Å². The minimum atomic E-state index is -1.08. The molecule has 1 aromatic carbocycles. The largest absolute Gasteiger partial charge is 0.478 e. The average molecular weight is 291 g/mol. The monoisotopic (exact) mass is 290 g/mol. The zero-order valence-corrected chi connectivity index (χ0v) is 11.3. The summed E-state index contributed by atoms with van der Waals surface area (Å²) in [6.45, 7) is 1.78. The molecule has 0 aliphatic carbocycles. The first-order chi connectivity index (χ1) is 9.47. The second kappa shape index (κ2) is 5.71. The Morgan fingerprint density at radius 1 is 1.25 bits per heavy atom. The maximum atomic E-state index is 12.1. The molecule has 0 bridgehead atoms. The van der Waals surface area contributed by atoms with Crippen molar-refractivity contribution in [2.45, 2.75) is 6.92 Å². The van der Waals surface area contributed by atoms with Gasteiger partial charge in [-0.3, -0.25) is 4.79 Å². The molecule has 20 heavy (non-hydrogen) atoms. The van der Waals surface area contributed by atoms with E-state index in [1.54, 1.807) is 25.1 Å². The molecule has 5 nitrogen and oxygen atoms in total. The Hall–Kier alpha value is -2.40. The highest BCUT2D eigenvalue weighted by molar-refractivity contribution is 6.31. The van der Waals surface area contributed by atoms with E-state index in [9.17, 15) is 9.59 Å². The van der Waals surface area contributed by atoms with Crippen LogP contribution in [0.1, 0.15) is 26.3 Å². The van der Waals surface area contributed by atoms with Gasteiger partial charge in [-0.05, 0) is 36.8 Å². The number of pyridine rings is 1. The Morgan fingerprint density at radius 3 is 2.70 bits per heavy atom. The molecule has 2 aromatic rings. The zero-order valence-electron chi connectivity index (χ0n) is 10.6. The van der Waals surface area contributed by atoms with Crippen LogP contribution in [-0.2, 0) is 0 Å². The standard InChI is InChI=1S/C14H11ClN2O3/c1-8-2-3-10(15)7-11(8)13(18)17-12-6-9(14(19)20)4-5-16-12/h2-7H,1H3,(H,19,20)(H,16,17,18). The second-order valence-electron chi connectivity index (χ2n) is 4.15. The first-order valence-corrected chi connectivity index (χ1v) is 6.12. The number of amides is 1. The molecule has 0 aliphatic heterocycles. The summed E-state index contributed by atoms with van der Waals surface area (Å²) in [5, 5.41) is 11.9. The molecule has 0 unspecified atom stereocenters. The summed E-state index contributed by atoms with van der Waals surface area (Å²) in [5.41, 5.74) is 1.24. The number of aromatic nitrogens is 1. The van der Waals surface area contributed by atoms with Crippen molar-refractivity contribution in [1.29, 1.82) is 0 Å². The van der Waals surface area contributed by atoms with Crippen molar-refractivity contribution in [2.75, 3.05) is 5.32 Å². The SMILES string of the molecule is Cc1ccc(Cl)cc1C(=O)Nc1cc(C(=O)O)ccn1. The predicted molar refractivity (Wildman–Crippen MR) is 75.3 cm³/mol. The van der Waals surface area contributed by atoms with Crippen LogP contribution in [0.2, 0.25) is 5.02 Å². The lowest BCUT2D eigenvalue weighted by Gasteiger charge is -2.08. The fourth-order valence-electron chi connectivity index (χ4n) is 1.65. The highest BCUT2D eigenvalue weighted by Gasteiger charge is 2.12. The normalized spacial score (nSPS) is 10.1. The lowest BCUT2D eigenvalue weighted by Crippen LogP contribution is -2.14. The third kappa shape index (κ3) is 3.13. The van der Waals surface area contributed by atoms with Gasteiger partial charge in [0.2, 0.25) is 0 Å². The van der Waals surface area contributed by atoms with Crippen LogP contribution in [0.15, 0.2) is 36.5 Å². The molecule has 1 heterocycles. The van der Waals surface area contributed by atoms with E-state index in [0.29, 0.717) is 10.6 Å². The van der Waals surface area contributed by atoms with Crippen LogP contribution in [0.25, 0.3) is 0 Å². The number of carbonyl (C=O) groups excluding carboxylic acids is 1. The summed E-state index contributed by atoms with van der Waals surface area (Å²) in [4.78, 5) is 26.9. The van der Waals surface area contributed by atoms with E-state index >= 15 is 0 Å². The Kier molecular flexibility index (Phi) is 4.00. The van der Waals surface area contributed by atoms with Crippen LogP contribution in [0.4, 0.5) is 5.82 Å². The Morgan fingerprint density at radius 2 is 2.00 bits per heavy atom. The van der Waals surface area contributed by atoms with Crippen LogP contribution in [0, 0.1) is 6.92 Å². The maximum Gasteiger partial charge on any atom is 0.335 e. The van der Waals surface area contributed by atoms with E-state index < -0.39 is 5.97 Å². The van der Waals surface area contributed by atoms with Gasteiger partial charge in [0.15, 0.2) is 0 Å². The van der Waals surface area contributed by atoms with Gasteiger partial charge in [-0.1, -0.05) is 17.7 Å². The number of carboxylic acids is 1. The van der Waals surface area contributed by atoms with Crippen LogP contribution in [0.5, 0.6) is 0 Å². The molecule has 0 aliphatic rings. The number of nitrogens with one attached hydrogen (secondary N) is 1. The summed E-state index contributed by atoms with van der Waals surface area (Å²) < 4.78 is 0. The van der Waals surface area contributed by atoms with Crippen LogP contribution in [0.3, 0.4) is 0 Å². The van der Waals surface area contributed by atoms with Gasteiger partial charge >= 0.3 is 5.97 Å². The maximum absolute atomic E-state index is 12.1. The number of anilines is 1. The van der Waals surface area contributed by atoms with E-state index in [0.717, 1.165) is 5.56 Å². The highest BCUT2D eigenvalue weighted by Crippen LogP contribution is 2.17. The van der Waals surface area contributed by atoms with E-state index in [4.69, 9.17) is 16.7 Å². The van der Waals surface area contributed by atoms with E-state index in [2.05, 4.69) is 10.3 Å². The van der Waals surface area contributed by atoms with Crippen molar-refractivity contribution in [3.63, 3.8) is 0 Å². The molecule has 0 atom stereocenters. The van der Waals surface area contributed by atoms with Gasteiger partial charge in [0, 0.05) is 16.8 Å². The molecule has 0 radical (unpaired) electrons. The summed E-state index contributed by atoms with van der Waals surface area (Å²) in [5.74, 6) is -1.30. The summed E-state index contributed by atoms with van der Waals surface area (Å²) in [6.07, 6.45) is 1.32. The lowest BCUT2D eigenvalue weighted by molar-refractivity contribution is 0.0696. The number of benzene rings is 1. The van der Waals surface area contributed by atoms with E-state index in [1.807, 2.05) is 0 Å². The molecule has 1 aromatic heterocycles. The van der Waals surface area contributed by atoms with Crippen LogP contribution in [-0.4, -0.2) is 22.0 Å². The van der Waals surface area contributed by atoms with Crippen molar-refractivity contribution >= 4 is 29.3 Å². The number of carbonyl (C=O) groups is 2. The first-order valence-electron chi connectivity index (χ1n) is 5.74. The highest BCUT2D eigenvalue weighted by atomic mass is 35.5. The number of hydrogen-bond donors (Lipinski definition) is 2. The second-order valence-corrected chi connectivity index (χ2v) is 4.58. The fraction of sp³-hybridized carbons (Fsp3) is 0.0714. The Bertz CT molecular complexity index is 686. The molecule has 2 N–H and O–H groups in total. The van der Waals surface area contributed by atoms with Crippen molar-refractivity contribution in [3.8, 4) is 0 Å². The first kappa shape index (κ1) is 14.0. The molecule has 0 saturated carbocycles. The summed E-state index contributed by atoms with van der Waals surface area (Å²) in [6, 6.07) is 7.62. The number of rotatable bonds is 3. The molecule has 102 valence electrons. The lowest BCUT2D eigenvalue weighted by atomic mass is 10.1. The van der Waals surface area contributed by atoms with Crippen molar-refractivity contribution in [3.05, 3.63) is 58.2 Å². The van der Waals surface area contributed by atoms with E-state index in [-0.39, 0.29) is 17.3 Å². The predicted octanol–water partition coefficient (Wildman–Crippen LogP) is 2.99. The zero-order chi connectivity index (χ0) is 14.7. The van der Waals surface area contributed by atoms with Gasteiger partial charge in [0.25, 0.3) is 5.91 Å². The van der Waals surface area contributed by atoms with Crippen molar-refractivity contribution < 1.29 is 14.7 Å². The number of aryl methyl sites for hydroxylation is 1. The molecule has 1 amide bonds. The fourth-order valence-corrected chi connectivity index (χ4v) is 1.83. The molecule has 0 fully saturated rings. The van der Waals surface area contributed by atoms with Crippen LogP contribution >= 0.6 is 11.6 Å². The number of halogens is 1. The summed E-state index contributed by atoms with van der Waals surface area (Å²) >= 11 is 5.86. The van der Waals surface area contributed by atoms with Gasteiger partial charge in [0.1, 0.15) is 5.82 Å². The van der Waals surface area contributed by atoms with Gasteiger partial charge in [-0.2, -0.15) is 0 Å².